The maximum Gasteiger partial charge on any atom is 0.262 e. The molecule has 2 atom stereocenters. The Kier molecular flexibility index (Phi) is 4.63. The molecule has 5 nitrogen and oxygen atoms in total. The van der Waals surface area contributed by atoms with E-state index in [4.69, 9.17) is 9.47 Å². The monoisotopic (exact) mass is 312 g/mol. The summed E-state index contributed by atoms with van der Waals surface area (Å²) in [5.41, 5.74) is 2.06. The summed E-state index contributed by atoms with van der Waals surface area (Å²) in [7, 11) is 0. The van der Waals surface area contributed by atoms with E-state index in [1.807, 2.05) is 31.2 Å². The van der Waals surface area contributed by atoms with Crippen molar-refractivity contribution < 1.29 is 14.3 Å². The van der Waals surface area contributed by atoms with Crippen molar-refractivity contribution in [2.24, 2.45) is 0 Å². The largest absolute Gasteiger partial charge is 0.490 e. The second-order valence-corrected chi connectivity index (χ2v) is 6.01. The van der Waals surface area contributed by atoms with Gasteiger partial charge in [-0.05, 0) is 49.1 Å². The molecule has 0 bridgehead atoms. The topological polar surface area (TPSA) is 71.4 Å². The molecule has 0 unspecified atom stereocenters. The van der Waals surface area contributed by atoms with Crippen LogP contribution < -0.4 is 10.1 Å². The summed E-state index contributed by atoms with van der Waals surface area (Å²) in [6.07, 6.45) is 4.69. The van der Waals surface area contributed by atoms with E-state index in [1.165, 1.54) is 0 Å². The molecule has 120 valence electrons. The fourth-order valence-electron chi connectivity index (χ4n) is 2.95. The Morgan fingerprint density at radius 3 is 3.13 bits per heavy atom. The van der Waals surface area contributed by atoms with Gasteiger partial charge in [-0.15, -0.1) is 0 Å². The summed E-state index contributed by atoms with van der Waals surface area (Å²) in [5, 5.41) is 12.0. The Hall–Kier alpha value is -2.32. The molecule has 0 saturated carbocycles. The van der Waals surface area contributed by atoms with Crippen molar-refractivity contribution in [2.45, 2.75) is 38.4 Å². The van der Waals surface area contributed by atoms with E-state index in [2.05, 4.69) is 5.32 Å². The lowest BCUT2D eigenvalue weighted by atomic mass is 10.0. The number of carbonyl (C=O) groups excluding carboxylic acids is 1. The van der Waals surface area contributed by atoms with Crippen LogP contribution in [0.4, 0.5) is 0 Å². The van der Waals surface area contributed by atoms with Gasteiger partial charge in [0.25, 0.3) is 5.91 Å². The summed E-state index contributed by atoms with van der Waals surface area (Å²) in [4.78, 5) is 12.1. The SMILES string of the molecule is C[C@H]1Cc2cc(/C=C(\C#N)C(=O)NC[C@@H]3CCCO3)ccc2O1. The van der Waals surface area contributed by atoms with Crippen LogP contribution in [0, 0.1) is 11.3 Å². The first-order chi connectivity index (χ1) is 11.2. The van der Waals surface area contributed by atoms with Gasteiger partial charge in [0.2, 0.25) is 0 Å². The number of ether oxygens (including phenoxy) is 2. The molecule has 0 aromatic heterocycles. The molecule has 2 aliphatic heterocycles. The molecule has 5 heteroatoms. The molecular weight excluding hydrogens is 292 g/mol. The van der Waals surface area contributed by atoms with Gasteiger partial charge in [-0.3, -0.25) is 4.79 Å². The van der Waals surface area contributed by atoms with Gasteiger partial charge in [0.1, 0.15) is 23.5 Å². The minimum atomic E-state index is -0.354. The molecule has 0 spiro atoms. The van der Waals surface area contributed by atoms with Gasteiger partial charge < -0.3 is 14.8 Å². The van der Waals surface area contributed by atoms with Gasteiger partial charge in [-0.1, -0.05) is 6.07 Å². The second kappa shape index (κ2) is 6.84. The predicted octanol–water partition coefficient (Wildman–Crippen LogP) is 2.21. The van der Waals surface area contributed by atoms with Gasteiger partial charge in [0.05, 0.1) is 6.10 Å². The Morgan fingerprint density at radius 1 is 1.52 bits per heavy atom. The summed E-state index contributed by atoms with van der Waals surface area (Å²) in [5.74, 6) is 0.532. The highest BCUT2D eigenvalue weighted by atomic mass is 16.5. The van der Waals surface area contributed by atoms with E-state index in [9.17, 15) is 10.1 Å². The quantitative estimate of drug-likeness (QED) is 0.683. The van der Waals surface area contributed by atoms with Crippen LogP contribution in [0.1, 0.15) is 30.9 Å². The Morgan fingerprint density at radius 2 is 2.39 bits per heavy atom. The number of benzene rings is 1. The Bertz CT molecular complexity index is 669. The zero-order valence-corrected chi connectivity index (χ0v) is 13.2. The lowest BCUT2D eigenvalue weighted by Crippen LogP contribution is -2.32. The van der Waals surface area contributed by atoms with Crippen molar-refractivity contribution in [2.75, 3.05) is 13.2 Å². The molecule has 1 aromatic carbocycles. The summed E-state index contributed by atoms with van der Waals surface area (Å²) >= 11 is 0. The molecule has 1 aromatic rings. The van der Waals surface area contributed by atoms with Gasteiger partial charge in [0.15, 0.2) is 0 Å². The van der Waals surface area contributed by atoms with Crippen LogP contribution in [0.5, 0.6) is 5.75 Å². The maximum atomic E-state index is 12.1. The third-order valence-electron chi connectivity index (χ3n) is 4.11. The van der Waals surface area contributed by atoms with Crippen LogP contribution >= 0.6 is 0 Å². The number of carbonyl (C=O) groups is 1. The minimum Gasteiger partial charge on any atom is -0.490 e. The van der Waals surface area contributed by atoms with Crippen LogP contribution in [0.3, 0.4) is 0 Å². The van der Waals surface area contributed by atoms with Gasteiger partial charge >= 0.3 is 0 Å². The van der Waals surface area contributed by atoms with E-state index < -0.39 is 0 Å². The average Bonchev–Trinajstić information content (AvgIpc) is 3.18. The number of nitrogens with zero attached hydrogens (tertiary/aromatic N) is 1. The molecule has 2 aliphatic rings. The van der Waals surface area contributed by atoms with Crippen molar-refractivity contribution in [1.82, 2.24) is 5.32 Å². The first kappa shape index (κ1) is 15.6. The highest BCUT2D eigenvalue weighted by molar-refractivity contribution is 6.01. The lowest BCUT2D eigenvalue weighted by molar-refractivity contribution is -0.117. The third-order valence-corrected chi connectivity index (χ3v) is 4.11. The second-order valence-electron chi connectivity index (χ2n) is 6.01. The van der Waals surface area contributed by atoms with Crippen molar-refractivity contribution in [3.05, 3.63) is 34.9 Å². The normalized spacial score (nSPS) is 23.0. The van der Waals surface area contributed by atoms with E-state index in [0.717, 1.165) is 42.7 Å². The number of fused-ring (bicyclic) bond motifs is 1. The number of hydrogen-bond donors (Lipinski definition) is 1. The zero-order chi connectivity index (χ0) is 16.2. The predicted molar refractivity (Wildman–Crippen MR) is 85.8 cm³/mol. The van der Waals surface area contributed by atoms with Crippen LogP contribution in [0.25, 0.3) is 6.08 Å². The molecule has 1 fully saturated rings. The molecule has 0 radical (unpaired) electrons. The number of nitriles is 1. The number of amides is 1. The number of hydrogen-bond acceptors (Lipinski definition) is 4. The molecule has 1 N–H and O–H groups in total. The lowest BCUT2D eigenvalue weighted by Gasteiger charge is -2.10. The average molecular weight is 312 g/mol. The van der Waals surface area contributed by atoms with E-state index in [-0.39, 0.29) is 23.7 Å². The van der Waals surface area contributed by atoms with Crippen LogP contribution in [0.15, 0.2) is 23.8 Å². The molecule has 23 heavy (non-hydrogen) atoms. The molecule has 0 aliphatic carbocycles. The van der Waals surface area contributed by atoms with Crippen molar-refractivity contribution in [3.8, 4) is 11.8 Å². The Balaban J connectivity index is 1.67. The molecule has 2 heterocycles. The third kappa shape index (κ3) is 3.72. The van der Waals surface area contributed by atoms with Gasteiger partial charge in [-0.2, -0.15) is 5.26 Å². The Labute approximate surface area is 135 Å². The van der Waals surface area contributed by atoms with Gasteiger partial charge in [0, 0.05) is 19.6 Å². The fourth-order valence-corrected chi connectivity index (χ4v) is 2.95. The summed E-state index contributed by atoms with van der Waals surface area (Å²) in [6.45, 7) is 3.22. The van der Waals surface area contributed by atoms with Crippen molar-refractivity contribution in [3.63, 3.8) is 0 Å². The fraction of sp³-hybridized carbons (Fsp3) is 0.444. The zero-order valence-electron chi connectivity index (χ0n) is 13.2. The first-order valence-electron chi connectivity index (χ1n) is 7.97. The van der Waals surface area contributed by atoms with Gasteiger partial charge in [-0.25, -0.2) is 0 Å². The van der Waals surface area contributed by atoms with Crippen molar-refractivity contribution >= 4 is 12.0 Å². The highest BCUT2D eigenvalue weighted by Gasteiger charge is 2.20. The molecule has 1 amide bonds. The van der Waals surface area contributed by atoms with E-state index in [1.54, 1.807) is 6.08 Å². The first-order valence-corrected chi connectivity index (χ1v) is 7.97. The molecule has 1 saturated heterocycles. The number of rotatable bonds is 4. The van der Waals surface area contributed by atoms with E-state index >= 15 is 0 Å². The van der Waals surface area contributed by atoms with Crippen LogP contribution in [-0.4, -0.2) is 31.3 Å². The van der Waals surface area contributed by atoms with Crippen molar-refractivity contribution in [1.29, 1.82) is 5.26 Å². The standard InChI is InChI=1S/C18H20N2O3/c1-12-7-14-8-13(4-5-17(14)23-12)9-15(10-19)18(21)20-11-16-3-2-6-22-16/h4-5,8-9,12,16H,2-3,6-7,11H2,1H3,(H,20,21)/b15-9+/t12-,16-/m0/s1. The molecule has 3 rings (SSSR count). The number of nitrogens with one attached hydrogen (secondary N) is 1. The maximum absolute atomic E-state index is 12.1. The highest BCUT2D eigenvalue weighted by Crippen LogP contribution is 2.29. The summed E-state index contributed by atoms with van der Waals surface area (Å²) in [6, 6.07) is 7.71. The van der Waals surface area contributed by atoms with E-state index in [0.29, 0.717) is 6.54 Å². The van der Waals surface area contributed by atoms with Crippen LogP contribution in [-0.2, 0) is 16.0 Å². The minimum absolute atomic E-state index is 0.0672. The molecular formula is C18H20N2O3. The van der Waals surface area contributed by atoms with Crippen LogP contribution in [0.2, 0.25) is 0 Å². The summed E-state index contributed by atoms with van der Waals surface area (Å²) < 4.78 is 11.1. The smallest absolute Gasteiger partial charge is 0.262 e.